The van der Waals surface area contributed by atoms with Gasteiger partial charge in [-0.05, 0) is 66.8 Å². The van der Waals surface area contributed by atoms with Gasteiger partial charge in [0.05, 0.1) is 0 Å². The van der Waals surface area contributed by atoms with Crippen LogP contribution in [0, 0.1) is 0 Å². The van der Waals surface area contributed by atoms with Crippen molar-refractivity contribution in [3.05, 3.63) is 210 Å². The molecule has 0 radical (unpaired) electrons. The van der Waals surface area contributed by atoms with Gasteiger partial charge in [-0.15, -0.1) is 0 Å². The van der Waals surface area contributed by atoms with Crippen LogP contribution < -0.4 is 0 Å². The molecular formula is C44H24F8. The van der Waals surface area contributed by atoms with Crippen LogP contribution in [0.15, 0.2) is 121 Å². The fourth-order valence-electron chi connectivity index (χ4n) is 10.3. The molecule has 13 rings (SSSR count). The standard InChI is InChI=1S/C44H24F8/c45-41(46)29-17-18-30(38-34-22-10-2-1-9-21(22)33(37(29)38)23-11-3-4-12-24(23)34)42(47,48)44(51,52)32-20-19-31(43(41,49)50)39-35-25-13-5-7-15-27(25)36(40(32)39)28-16-8-6-14-26(28)35/h1-20,33-36H. The van der Waals surface area contributed by atoms with Crippen LogP contribution >= 0.6 is 0 Å². The summed E-state index contributed by atoms with van der Waals surface area (Å²) in [6.07, 6.45) is 0. The van der Waals surface area contributed by atoms with Gasteiger partial charge in [0.2, 0.25) is 0 Å². The van der Waals surface area contributed by atoms with Gasteiger partial charge in [-0.3, -0.25) is 0 Å². The molecule has 0 aliphatic heterocycles. The highest BCUT2D eigenvalue weighted by atomic mass is 19.3. The van der Waals surface area contributed by atoms with Crippen molar-refractivity contribution in [1.29, 1.82) is 0 Å². The second-order valence-corrected chi connectivity index (χ2v) is 14.5. The largest absolute Gasteiger partial charge is 0.340 e. The summed E-state index contributed by atoms with van der Waals surface area (Å²) >= 11 is 0. The molecule has 6 aromatic rings. The van der Waals surface area contributed by atoms with Gasteiger partial charge >= 0.3 is 23.7 Å². The van der Waals surface area contributed by atoms with E-state index in [0.29, 0.717) is 68.8 Å². The molecule has 0 atom stereocenters. The molecule has 0 aromatic heterocycles. The minimum atomic E-state index is -4.95. The molecular weight excluding hydrogens is 680 g/mol. The summed E-state index contributed by atoms with van der Waals surface area (Å²) in [6, 6.07) is 28.7. The van der Waals surface area contributed by atoms with Crippen molar-refractivity contribution in [2.24, 2.45) is 0 Å². The molecule has 0 heterocycles. The van der Waals surface area contributed by atoms with Crippen LogP contribution in [0.5, 0.6) is 0 Å². The van der Waals surface area contributed by atoms with Crippen molar-refractivity contribution in [2.75, 3.05) is 0 Å². The SMILES string of the molecule is FC1(F)c2ccc(c3c2C2c4ccccc4C3c3ccccc32)C(F)(F)C(F)(F)c2ccc(c3c2C2c4ccccc4C3c3ccccc32)C1(F)F. The smallest absolute Gasteiger partial charge is 0.194 e. The van der Waals surface area contributed by atoms with E-state index in [1.54, 1.807) is 97.1 Å². The number of hydrogen-bond acceptors (Lipinski definition) is 0. The van der Waals surface area contributed by atoms with Crippen molar-refractivity contribution in [3.63, 3.8) is 0 Å². The molecule has 0 unspecified atom stereocenters. The van der Waals surface area contributed by atoms with E-state index in [2.05, 4.69) is 0 Å². The molecule has 0 spiro atoms. The zero-order chi connectivity index (χ0) is 35.7. The van der Waals surface area contributed by atoms with Gasteiger partial charge in [0.15, 0.2) is 0 Å². The molecule has 0 amide bonds. The molecule has 256 valence electrons. The number of fused-ring (bicyclic) bond motifs is 6. The van der Waals surface area contributed by atoms with Crippen molar-refractivity contribution in [3.8, 4) is 0 Å². The summed E-state index contributed by atoms with van der Waals surface area (Å²) in [7, 11) is 0. The van der Waals surface area contributed by atoms with Crippen molar-refractivity contribution in [2.45, 2.75) is 47.4 Å². The van der Waals surface area contributed by atoms with Gasteiger partial charge in [-0.25, -0.2) is 0 Å². The van der Waals surface area contributed by atoms with Gasteiger partial charge in [-0.1, -0.05) is 121 Å². The Hall–Kier alpha value is -5.24. The molecule has 8 heteroatoms. The summed E-state index contributed by atoms with van der Waals surface area (Å²) < 4.78 is 139. The van der Waals surface area contributed by atoms with Crippen molar-refractivity contribution < 1.29 is 35.1 Å². The van der Waals surface area contributed by atoms with Crippen LogP contribution in [-0.2, 0) is 23.7 Å². The first-order valence-electron chi connectivity index (χ1n) is 17.1. The predicted molar refractivity (Wildman–Crippen MR) is 178 cm³/mol. The average Bonchev–Trinajstić information content (AvgIpc) is 3.15. The van der Waals surface area contributed by atoms with Gasteiger partial charge in [0, 0.05) is 45.9 Å². The number of rotatable bonds is 0. The lowest BCUT2D eigenvalue weighted by Gasteiger charge is -2.48. The van der Waals surface area contributed by atoms with Crippen LogP contribution in [-0.4, -0.2) is 0 Å². The number of benzene rings is 6. The van der Waals surface area contributed by atoms with Crippen molar-refractivity contribution in [1.82, 2.24) is 0 Å². The highest BCUT2D eigenvalue weighted by molar-refractivity contribution is 5.75. The van der Waals surface area contributed by atoms with E-state index in [-0.39, 0.29) is 0 Å². The molecule has 0 N–H and O–H groups in total. The minimum Gasteiger partial charge on any atom is -0.194 e. The number of hydrogen-bond donors (Lipinski definition) is 0. The highest BCUT2D eigenvalue weighted by Crippen LogP contribution is 2.68. The fraction of sp³-hybridized carbons (Fsp3) is 0.182. The topological polar surface area (TPSA) is 0 Å². The van der Waals surface area contributed by atoms with Crippen LogP contribution in [0.2, 0.25) is 0 Å². The molecule has 52 heavy (non-hydrogen) atoms. The average molecular weight is 705 g/mol. The lowest BCUT2D eigenvalue weighted by Crippen LogP contribution is -2.45. The fourth-order valence-corrected chi connectivity index (χ4v) is 10.3. The predicted octanol–water partition coefficient (Wildman–Crippen LogP) is 11.7. The van der Waals surface area contributed by atoms with E-state index in [1.807, 2.05) is 0 Å². The van der Waals surface area contributed by atoms with E-state index in [9.17, 15) is 0 Å². The first kappa shape index (κ1) is 30.4. The van der Waals surface area contributed by atoms with E-state index in [0.717, 1.165) is 0 Å². The molecule has 0 saturated carbocycles. The zero-order valence-corrected chi connectivity index (χ0v) is 26.9. The molecule has 7 aliphatic rings. The maximum atomic E-state index is 17.4. The van der Waals surface area contributed by atoms with Crippen LogP contribution in [0.1, 0.15) is 113 Å². The monoisotopic (exact) mass is 704 g/mol. The molecule has 0 saturated heterocycles. The first-order valence-corrected chi connectivity index (χ1v) is 17.1. The third-order valence-corrected chi connectivity index (χ3v) is 12.3. The summed E-state index contributed by atoms with van der Waals surface area (Å²) in [5, 5.41) is 0. The molecule has 7 aliphatic carbocycles. The Kier molecular flexibility index (Phi) is 5.49. The second-order valence-electron chi connectivity index (χ2n) is 14.5. The Morgan fingerprint density at radius 3 is 0.558 bits per heavy atom. The second kappa shape index (κ2) is 9.40. The van der Waals surface area contributed by atoms with Gasteiger partial charge in [-0.2, -0.15) is 35.1 Å². The Morgan fingerprint density at radius 1 is 0.250 bits per heavy atom. The van der Waals surface area contributed by atoms with E-state index >= 15 is 35.1 Å². The van der Waals surface area contributed by atoms with Crippen LogP contribution in [0.4, 0.5) is 35.1 Å². The van der Waals surface area contributed by atoms with E-state index in [4.69, 9.17) is 0 Å². The molecule has 0 nitrogen and oxygen atoms in total. The lowest BCUT2D eigenvalue weighted by atomic mass is 9.56. The van der Waals surface area contributed by atoms with Crippen LogP contribution in [0.25, 0.3) is 0 Å². The zero-order valence-electron chi connectivity index (χ0n) is 26.9. The first-order chi connectivity index (χ1) is 24.9. The van der Waals surface area contributed by atoms with E-state index < -0.39 is 91.9 Å². The van der Waals surface area contributed by atoms with Crippen LogP contribution in [0.3, 0.4) is 0 Å². The van der Waals surface area contributed by atoms with Crippen molar-refractivity contribution >= 4 is 0 Å². The summed E-state index contributed by atoms with van der Waals surface area (Å²) in [6.45, 7) is 0. The Balaban J connectivity index is 1.29. The summed E-state index contributed by atoms with van der Waals surface area (Å²) in [4.78, 5) is 0. The Morgan fingerprint density at radius 2 is 0.404 bits per heavy atom. The number of halogens is 8. The molecule has 8 bridgehead atoms. The summed E-state index contributed by atoms with van der Waals surface area (Å²) in [5.41, 5.74) is -2.48. The third kappa shape index (κ3) is 3.24. The molecule has 6 aromatic carbocycles. The molecule has 0 fully saturated rings. The lowest BCUT2D eigenvalue weighted by molar-refractivity contribution is -0.228. The number of alkyl halides is 8. The quantitative estimate of drug-likeness (QED) is 0.138. The Labute approximate surface area is 292 Å². The van der Waals surface area contributed by atoms with E-state index in [1.165, 1.54) is 0 Å². The van der Waals surface area contributed by atoms with Gasteiger partial charge in [0.25, 0.3) is 0 Å². The third-order valence-electron chi connectivity index (χ3n) is 12.3. The van der Waals surface area contributed by atoms with Gasteiger partial charge < -0.3 is 0 Å². The normalized spacial score (nSPS) is 24.8. The highest BCUT2D eigenvalue weighted by Gasteiger charge is 2.67. The maximum Gasteiger partial charge on any atom is 0.340 e. The minimum absolute atomic E-state index is 0.457. The Bertz CT molecular complexity index is 2140. The summed E-state index contributed by atoms with van der Waals surface area (Å²) in [5.74, 6) is -24.4. The van der Waals surface area contributed by atoms with Gasteiger partial charge in [0.1, 0.15) is 0 Å². The maximum absolute atomic E-state index is 17.4.